The number of thiophene rings is 1. The van der Waals surface area contributed by atoms with Crippen molar-refractivity contribution < 1.29 is 9.53 Å². The Morgan fingerprint density at radius 2 is 1.97 bits per heavy atom. The molecule has 1 aliphatic heterocycles. The van der Waals surface area contributed by atoms with Crippen LogP contribution in [0.5, 0.6) is 5.75 Å². The maximum absolute atomic E-state index is 12.8. The number of methoxy groups -OCH3 is 1. The summed E-state index contributed by atoms with van der Waals surface area (Å²) in [7, 11) is 1.70. The van der Waals surface area contributed by atoms with Crippen molar-refractivity contribution in [3.8, 4) is 11.8 Å². The largest absolute Gasteiger partial charge is 0.495 e. The summed E-state index contributed by atoms with van der Waals surface area (Å²) in [5, 5.41) is 13.6. The first-order valence-corrected chi connectivity index (χ1v) is 12.6. The Labute approximate surface area is 201 Å². The van der Waals surface area contributed by atoms with Crippen LogP contribution in [0.3, 0.4) is 0 Å². The molecule has 2 heterocycles. The third kappa shape index (κ3) is 5.18. The Morgan fingerprint density at radius 1 is 1.24 bits per heavy atom. The third-order valence-corrected chi connectivity index (χ3v) is 8.19. The molecule has 2 aliphatic rings. The van der Waals surface area contributed by atoms with Gasteiger partial charge in [-0.25, -0.2) is 0 Å². The maximum Gasteiger partial charge on any atom is 0.239 e. The van der Waals surface area contributed by atoms with Gasteiger partial charge in [-0.05, 0) is 48.3 Å². The topological polar surface area (TPSA) is 68.6 Å². The summed E-state index contributed by atoms with van der Waals surface area (Å²) in [6.07, 6.45) is 3.03. The zero-order valence-corrected chi connectivity index (χ0v) is 20.9. The molecule has 1 saturated heterocycles. The molecule has 1 amide bonds. The average Bonchev–Trinajstić information content (AvgIpc) is 3.14. The Bertz CT molecular complexity index is 1040. The van der Waals surface area contributed by atoms with Gasteiger partial charge in [0.25, 0.3) is 0 Å². The van der Waals surface area contributed by atoms with Crippen LogP contribution >= 0.6 is 11.3 Å². The van der Waals surface area contributed by atoms with Crippen molar-refractivity contribution in [1.29, 1.82) is 5.26 Å². The lowest BCUT2D eigenvalue weighted by Crippen LogP contribution is -2.48. The van der Waals surface area contributed by atoms with Gasteiger partial charge < -0.3 is 15.0 Å². The number of anilines is 2. The molecule has 0 unspecified atom stereocenters. The number of hydrogen-bond acceptors (Lipinski definition) is 6. The van der Waals surface area contributed by atoms with E-state index in [9.17, 15) is 10.1 Å². The average molecular weight is 467 g/mol. The fourth-order valence-corrected chi connectivity index (χ4v) is 6.23. The van der Waals surface area contributed by atoms with Gasteiger partial charge in [-0.3, -0.25) is 9.69 Å². The minimum Gasteiger partial charge on any atom is -0.495 e. The molecule has 0 radical (unpaired) electrons. The van der Waals surface area contributed by atoms with Crippen LogP contribution in [0.15, 0.2) is 24.3 Å². The number of rotatable bonds is 5. The van der Waals surface area contributed by atoms with Gasteiger partial charge in [-0.2, -0.15) is 5.26 Å². The van der Waals surface area contributed by atoms with E-state index >= 15 is 0 Å². The summed E-state index contributed by atoms with van der Waals surface area (Å²) in [6, 6.07) is 10.4. The second-order valence-corrected chi connectivity index (χ2v) is 11.2. The molecule has 4 rings (SSSR count). The van der Waals surface area contributed by atoms with E-state index < -0.39 is 0 Å². The molecule has 176 valence electrons. The normalized spacial score (nSPS) is 19.0. The lowest BCUT2D eigenvalue weighted by molar-refractivity contribution is -0.117. The van der Waals surface area contributed by atoms with Gasteiger partial charge in [-0.15, -0.1) is 11.3 Å². The van der Waals surface area contributed by atoms with Crippen molar-refractivity contribution in [1.82, 2.24) is 4.90 Å². The second kappa shape index (κ2) is 9.74. The number of carbonyl (C=O) groups is 1. The van der Waals surface area contributed by atoms with Gasteiger partial charge in [0, 0.05) is 31.1 Å². The summed E-state index contributed by atoms with van der Waals surface area (Å²) < 4.78 is 5.49. The molecule has 33 heavy (non-hydrogen) atoms. The van der Waals surface area contributed by atoms with Crippen LogP contribution in [0.25, 0.3) is 0 Å². The van der Waals surface area contributed by atoms with Crippen LogP contribution in [0.1, 0.15) is 43.2 Å². The minimum atomic E-state index is -0.0387. The molecule has 1 aromatic heterocycles. The van der Waals surface area contributed by atoms with Crippen LogP contribution < -0.4 is 15.0 Å². The van der Waals surface area contributed by atoms with E-state index in [1.165, 1.54) is 4.88 Å². The number of carbonyl (C=O) groups excluding carboxylic acids is 1. The van der Waals surface area contributed by atoms with Gasteiger partial charge in [0.15, 0.2) is 0 Å². The smallest absolute Gasteiger partial charge is 0.239 e. The van der Waals surface area contributed by atoms with Gasteiger partial charge in [-0.1, -0.05) is 32.9 Å². The van der Waals surface area contributed by atoms with E-state index in [2.05, 4.69) is 48.0 Å². The number of benzene rings is 1. The molecule has 7 heteroatoms. The van der Waals surface area contributed by atoms with Crippen molar-refractivity contribution in [3.05, 3.63) is 40.3 Å². The zero-order valence-electron chi connectivity index (χ0n) is 20.1. The van der Waals surface area contributed by atoms with E-state index in [4.69, 9.17) is 4.74 Å². The first-order valence-electron chi connectivity index (χ1n) is 11.7. The molecule has 0 spiro atoms. The second-order valence-electron chi connectivity index (χ2n) is 10.1. The fraction of sp³-hybridized carbons (Fsp3) is 0.538. The number of para-hydroxylation sites is 2. The molecule has 0 bridgehead atoms. The van der Waals surface area contributed by atoms with E-state index in [0.717, 1.165) is 67.4 Å². The van der Waals surface area contributed by atoms with Gasteiger partial charge in [0.1, 0.15) is 16.8 Å². The van der Waals surface area contributed by atoms with Crippen molar-refractivity contribution >= 4 is 27.9 Å². The van der Waals surface area contributed by atoms with Gasteiger partial charge >= 0.3 is 0 Å². The number of nitrogens with zero attached hydrogens (tertiary/aromatic N) is 3. The molecule has 2 aromatic rings. The monoisotopic (exact) mass is 466 g/mol. The Balaban J connectivity index is 1.36. The quantitative estimate of drug-likeness (QED) is 0.701. The molecule has 1 N–H and O–H groups in total. The third-order valence-electron chi connectivity index (χ3n) is 7.02. The summed E-state index contributed by atoms with van der Waals surface area (Å²) >= 11 is 1.60. The molecule has 1 atom stereocenters. The molecule has 1 aromatic carbocycles. The lowest BCUT2D eigenvalue weighted by atomic mass is 9.72. The predicted octanol–water partition coefficient (Wildman–Crippen LogP) is 4.54. The summed E-state index contributed by atoms with van der Waals surface area (Å²) in [5.74, 6) is 1.45. The van der Waals surface area contributed by atoms with Crippen LogP contribution in [0, 0.1) is 22.7 Å². The number of piperazine rings is 1. The van der Waals surface area contributed by atoms with Crippen molar-refractivity contribution in [2.24, 2.45) is 11.3 Å². The number of amides is 1. The van der Waals surface area contributed by atoms with E-state index in [0.29, 0.717) is 18.0 Å². The molecular formula is C26H34N4O2S. The number of ether oxygens (including phenoxy) is 1. The zero-order chi connectivity index (χ0) is 23.6. The molecular weight excluding hydrogens is 432 g/mol. The number of hydrogen-bond donors (Lipinski definition) is 1. The van der Waals surface area contributed by atoms with Crippen LogP contribution in [0.2, 0.25) is 0 Å². The summed E-state index contributed by atoms with van der Waals surface area (Å²) in [6.45, 7) is 10.5. The number of fused-ring (bicyclic) bond motifs is 1. The minimum absolute atomic E-state index is 0.0387. The van der Waals surface area contributed by atoms with E-state index in [-0.39, 0.29) is 11.3 Å². The number of nitriles is 1. The summed E-state index contributed by atoms with van der Waals surface area (Å²) in [5.41, 5.74) is 3.19. The molecule has 0 saturated carbocycles. The van der Waals surface area contributed by atoms with E-state index in [1.807, 2.05) is 18.2 Å². The highest BCUT2D eigenvalue weighted by Gasteiger charge is 2.32. The van der Waals surface area contributed by atoms with Crippen LogP contribution in [-0.2, 0) is 17.6 Å². The first-order chi connectivity index (χ1) is 15.8. The Kier molecular flexibility index (Phi) is 6.96. The molecule has 6 nitrogen and oxygen atoms in total. The Hall–Kier alpha value is -2.56. The SMILES string of the molecule is COc1ccccc1N1CCN(CC(=O)Nc2sc3c(c2C#N)CC[C@H](C(C)(C)C)C3)CC1. The van der Waals surface area contributed by atoms with E-state index in [1.54, 1.807) is 18.4 Å². The van der Waals surface area contributed by atoms with Crippen molar-refractivity contribution in [2.75, 3.05) is 50.1 Å². The highest BCUT2D eigenvalue weighted by Crippen LogP contribution is 2.44. The standard InChI is InChI=1S/C26H34N4O2S/c1-26(2,3)18-9-10-19-20(16-27)25(33-23(19)15-18)28-24(31)17-29-11-13-30(14-12-29)21-7-5-6-8-22(21)32-4/h5-8,18H,9-15,17H2,1-4H3,(H,28,31)/t18-/m0/s1. The predicted molar refractivity (Wildman–Crippen MR) is 134 cm³/mol. The van der Waals surface area contributed by atoms with Crippen LogP contribution in [0.4, 0.5) is 10.7 Å². The van der Waals surface area contributed by atoms with Crippen molar-refractivity contribution in [2.45, 2.75) is 40.0 Å². The maximum atomic E-state index is 12.8. The number of nitrogens with one attached hydrogen (secondary N) is 1. The first kappa shape index (κ1) is 23.6. The molecule has 1 fully saturated rings. The summed E-state index contributed by atoms with van der Waals surface area (Å²) in [4.78, 5) is 18.6. The Morgan fingerprint density at radius 3 is 2.64 bits per heavy atom. The van der Waals surface area contributed by atoms with Crippen LogP contribution in [-0.4, -0.2) is 50.6 Å². The lowest BCUT2D eigenvalue weighted by Gasteiger charge is -2.36. The molecule has 1 aliphatic carbocycles. The fourth-order valence-electron chi connectivity index (χ4n) is 4.94. The van der Waals surface area contributed by atoms with Gasteiger partial charge in [0.05, 0.1) is 24.9 Å². The highest BCUT2D eigenvalue weighted by molar-refractivity contribution is 7.16. The van der Waals surface area contributed by atoms with Crippen molar-refractivity contribution in [3.63, 3.8) is 0 Å². The van der Waals surface area contributed by atoms with Gasteiger partial charge in [0.2, 0.25) is 5.91 Å². The highest BCUT2D eigenvalue weighted by atomic mass is 32.1.